The monoisotopic (exact) mass is 564 g/mol. The molecule has 9 heteroatoms. The van der Waals surface area contributed by atoms with Crippen LogP contribution >= 0.6 is 11.8 Å². The first-order chi connectivity index (χ1) is 20.1. The smallest absolute Gasteiger partial charge is 0.275 e. The fourth-order valence-corrected chi connectivity index (χ4v) is 6.18. The highest BCUT2D eigenvalue weighted by Crippen LogP contribution is 2.30. The first-order valence-electron chi connectivity index (χ1n) is 13.8. The summed E-state index contributed by atoms with van der Waals surface area (Å²) in [7, 11) is 0. The minimum Gasteiger partial charge on any atom is -0.447 e. The Bertz CT molecular complexity index is 1570. The van der Waals surface area contributed by atoms with E-state index in [9.17, 15) is 4.79 Å². The van der Waals surface area contributed by atoms with Crippen LogP contribution in [-0.2, 0) is 5.75 Å². The Balaban J connectivity index is 1.09. The molecular formula is C32H32N6O2S. The van der Waals surface area contributed by atoms with Crippen LogP contribution in [0.5, 0.6) is 0 Å². The van der Waals surface area contributed by atoms with Gasteiger partial charge >= 0.3 is 0 Å². The van der Waals surface area contributed by atoms with Gasteiger partial charge in [0.15, 0.2) is 10.9 Å². The van der Waals surface area contributed by atoms with E-state index in [0.717, 1.165) is 29.8 Å². The number of benzene rings is 3. The lowest BCUT2D eigenvalue weighted by Gasteiger charge is -2.39. The molecule has 0 aliphatic carbocycles. The van der Waals surface area contributed by atoms with Gasteiger partial charge in [0.1, 0.15) is 12.1 Å². The molecule has 5 aromatic rings. The number of carbonyl (C=O) groups excluding carboxylic acids is 1. The van der Waals surface area contributed by atoms with Gasteiger partial charge in [0, 0.05) is 31.9 Å². The molecule has 1 amide bonds. The molecule has 0 unspecified atom stereocenters. The molecule has 3 heterocycles. The third-order valence-corrected chi connectivity index (χ3v) is 8.26. The lowest BCUT2D eigenvalue weighted by Crippen LogP contribution is -2.50. The lowest BCUT2D eigenvalue weighted by molar-refractivity contribution is 0.0591. The molecule has 3 aromatic carbocycles. The van der Waals surface area contributed by atoms with Crippen molar-refractivity contribution in [3.8, 4) is 5.69 Å². The standard InChI is InChI=1S/C32H32N6O2S/c1-23-10-9-15-27(20-23)38-24(2)34-35-32(38)41-22-29-33-28(21-40-29)31(39)37-18-16-36(17-19-37)30(25-11-5-3-6-12-25)26-13-7-4-8-14-26/h3-15,20-21,30H,16-19,22H2,1-2H3. The molecule has 1 aliphatic heterocycles. The van der Waals surface area contributed by atoms with Crippen LogP contribution in [0.4, 0.5) is 0 Å². The van der Waals surface area contributed by atoms with Crippen molar-refractivity contribution >= 4 is 17.7 Å². The summed E-state index contributed by atoms with van der Waals surface area (Å²) in [5.74, 6) is 1.64. The van der Waals surface area contributed by atoms with E-state index in [0.29, 0.717) is 30.4 Å². The van der Waals surface area contributed by atoms with E-state index in [-0.39, 0.29) is 11.9 Å². The van der Waals surface area contributed by atoms with E-state index >= 15 is 0 Å². The van der Waals surface area contributed by atoms with E-state index in [4.69, 9.17) is 4.42 Å². The van der Waals surface area contributed by atoms with E-state index in [1.165, 1.54) is 34.7 Å². The Morgan fingerprint density at radius 1 is 0.878 bits per heavy atom. The van der Waals surface area contributed by atoms with E-state index in [1.807, 2.05) is 40.7 Å². The number of piperazine rings is 1. The lowest BCUT2D eigenvalue weighted by atomic mass is 9.96. The predicted octanol–water partition coefficient (Wildman–Crippen LogP) is 5.71. The van der Waals surface area contributed by atoms with Gasteiger partial charge in [0.05, 0.1) is 11.8 Å². The summed E-state index contributed by atoms with van der Waals surface area (Å²) < 4.78 is 7.72. The van der Waals surface area contributed by atoms with Crippen LogP contribution in [0.1, 0.15) is 44.9 Å². The van der Waals surface area contributed by atoms with Crippen LogP contribution in [0.15, 0.2) is 101 Å². The summed E-state index contributed by atoms with van der Waals surface area (Å²) in [4.78, 5) is 22.2. The molecule has 1 fully saturated rings. The predicted molar refractivity (Wildman–Crippen MR) is 159 cm³/mol. The van der Waals surface area contributed by atoms with Gasteiger partial charge in [-0.3, -0.25) is 14.3 Å². The number of aromatic nitrogens is 4. The highest BCUT2D eigenvalue weighted by atomic mass is 32.2. The van der Waals surface area contributed by atoms with Gasteiger partial charge in [0.25, 0.3) is 5.91 Å². The third kappa shape index (κ3) is 5.96. The number of thioether (sulfide) groups is 1. The molecule has 1 aliphatic rings. The minimum atomic E-state index is -0.0978. The van der Waals surface area contributed by atoms with Crippen molar-refractivity contribution in [3.05, 3.63) is 125 Å². The zero-order chi connectivity index (χ0) is 28.2. The highest BCUT2D eigenvalue weighted by Gasteiger charge is 2.29. The van der Waals surface area contributed by atoms with Gasteiger partial charge in [-0.05, 0) is 42.7 Å². The molecule has 0 bridgehead atoms. The molecule has 0 atom stereocenters. The molecule has 8 nitrogen and oxygen atoms in total. The number of carbonyl (C=O) groups is 1. The number of rotatable bonds is 8. The maximum absolute atomic E-state index is 13.3. The summed E-state index contributed by atoms with van der Waals surface area (Å²) in [6, 6.07) is 29.5. The average molecular weight is 565 g/mol. The number of aryl methyl sites for hydroxylation is 2. The molecule has 0 N–H and O–H groups in total. The number of hydrogen-bond acceptors (Lipinski definition) is 7. The molecule has 0 spiro atoms. The summed E-state index contributed by atoms with van der Waals surface area (Å²) in [6.45, 7) is 6.80. The van der Waals surface area contributed by atoms with E-state index in [1.54, 1.807) is 0 Å². The van der Waals surface area contributed by atoms with Crippen LogP contribution < -0.4 is 0 Å². The number of oxazole rings is 1. The van der Waals surface area contributed by atoms with Gasteiger partial charge in [-0.1, -0.05) is 84.6 Å². The Kier molecular flexibility index (Phi) is 7.98. The van der Waals surface area contributed by atoms with Gasteiger partial charge in [-0.2, -0.15) is 0 Å². The summed E-state index contributed by atoms with van der Waals surface area (Å²) >= 11 is 1.48. The highest BCUT2D eigenvalue weighted by molar-refractivity contribution is 7.98. The molecule has 1 saturated heterocycles. The molecule has 2 aromatic heterocycles. The SMILES string of the molecule is Cc1cccc(-n2c(C)nnc2SCc2nc(C(=O)N3CCN(C(c4ccccc4)c4ccccc4)CC3)co2)c1. The second-order valence-electron chi connectivity index (χ2n) is 10.2. The van der Waals surface area contributed by atoms with Crippen LogP contribution in [0.25, 0.3) is 5.69 Å². The van der Waals surface area contributed by atoms with Crippen LogP contribution in [0, 0.1) is 13.8 Å². The summed E-state index contributed by atoms with van der Waals surface area (Å²) in [5, 5.41) is 9.36. The fourth-order valence-electron chi connectivity index (χ4n) is 5.33. The maximum atomic E-state index is 13.3. The summed E-state index contributed by atoms with van der Waals surface area (Å²) in [5.41, 5.74) is 5.03. The Labute approximate surface area is 244 Å². The Morgan fingerprint density at radius 2 is 1.56 bits per heavy atom. The third-order valence-electron chi connectivity index (χ3n) is 7.35. The molecule has 0 radical (unpaired) electrons. The molecular weight excluding hydrogens is 532 g/mol. The van der Waals surface area contributed by atoms with Crippen molar-refractivity contribution in [1.29, 1.82) is 0 Å². The molecule has 0 saturated carbocycles. The first kappa shape index (κ1) is 27.0. The zero-order valence-corrected chi connectivity index (χ0v) is 24.0. The normalized spacial score (nSPS) is 14.1. The fraction of sp³-hybridized carbons (Fsp3) is 0.250. The second-order valence-corrected chi connectivity index (χ2v) is 11.1. The topological polar surface area (TPSA) is 80.3 Å². The van der Waals surface area contributed by atoms with Crippen LogP contribution in [0.3, 0.4) is 0 Å². The number of amides is 1. The molecule has 208 valence electrons. The van der Waals surface area contributed by atoms with Gasteiger partial charge in [0.2, 0.25) is 5.89 Å². The second kappa shape index (κ2) is 12.1. The van der Waals surface area contributed by atoms with Crippen molar-refractivity contribution in [2.24, 2.45) is 0 Å². The van der Waals surface area contributed by atoms with Gasteiger partial charge in [-0.25, -0.2) is 4.98 Å². The van der Waals surface area contributed by atoms with Crippen LogP contribution in [-0.4, -0.2) is 61.6 Å². The van der Waals surface area contributed by atoms with Crippen LogP contribution in [0.2, 0.25) is 0 Å². The first-order valence-corrected chi connectivity index (χ1v) is 14.7. The molecule has 6 rings (SSSR count). The van der Waals surface area contributed by atoms with Gasteiger partial charge < -0.3 is 9.32 Å². The average Bonchev–Trinajstić information content (AvgIpc) is 3.64. The largest absolute Gasteiger partial charge is 0.447 e. The van der Waals surface area contributed by atoms with E-state index in [2.05, 4.69) is 87.7 Å². The van der Waals surface area contributed by atoms with E-state index < -0.39 is 0 Å². The van der Waals surface area contributed by atoms with Crippen molar-refractivity contribution in [1.82, 2.24) is 29.5 Å². The van der Waals surface area contributed by atoms with Crippen molar-refractivity contribution in [2.45, 2.75) is 30.8 Å². The number of nitrogens with zero attached hydrogens (tertiary/aromatic N) is 6. The van der Waals surface area contributed by atoms with Crippen molar-refractivity contribution in [3.63, 3.8) is 0 Å². The Hall–Kier alpha value is -4.21. The summed E-state index contributed by atoms with van der Waals surface area (Å²) in [6.07, 6.45) is 1.47. The Morgan fingerprint density at radius 3 is 2.22 bits per heavy atom. The van der Waals surface area contributed by atoms with Crippen molar-refractivity contribution in [2.75, 3.05) is 26.2 Å². The number of hydrogen-bond donors (Lipinski definition) is 0. The maximum Gasteiger partial charge on any atom is 0.275 e. The quantitative estimate of drug-likeness (QED) is 0.223. The minimum absolute atomic E-state index is 0.0978. The molecule has 41 heavy (non-hydrogen) atoms. The van der Waals surface area contributed by atoms with Crippen molar-refractivity contribution < 1.29 is 9.21 Å². The van der Waals surface area contributed by atoms with Gasteiger partial charge in [-0.15, -0.1) is 10.2 Å². The zero-order valence-electron chi connectivity index (χ0n) is 23.2.